The summed E-state index contributed by atoms with van der Waals surface area (Å²) in [5.41, 5.74) is 0.977. The molecule has 0 aliphatic heterocycles. The highest BCUT2D eigenvalue weighted by Crippen LogP contribution is 2.26. The van der Waals surface area contributed by atoms with Crippen molar-refractivity contribution in [3.05, 3.63) is 23.8 Å². The normalized spacial score (nSPS) is 10.6. The summed E-state index contributed by atoms with van der Waals surface area (Å²) in [6.07, 6.45) is 0.572. The van der Waals surface area contributed by atoms with Crippen LogP contribution in [0.5, 0.6) is 5.75 Å². The van der Waals surface area contributed by atoms with E-state index in [4.69, 9.17) is 14.7 Å². The van der Waals surface area contributed by atoms with Crippen molar-refractivity contribution >= 4 is 11.8 Å². The minimum Gasteiger partial charge on any atom is -0.495 e. The predicted molar refractivity (Wildman–Crippen MR) is 76.8 cm³/mol. The zero-order valence-electron chi connectivity index (χ0n) is 12.3. The summed E-state index contributed by atoms with van der Waals surface area (Å²) < 4.78 is 10.4. The molecule has 1 rings (SSSR count). The molecular weight excluding hydrogens is 256 g/mol. The SMILES string of the molecule is COc1cc(CCC#N)ccc1NC(=O)OC(C)(C)C. The Bertz CT molecular complexity index is 513. The molecule has 1 aromatic rings. The van der Waals surface area contributed by atoms with Crippen LogP contribution in [0.15, 0.2) is 18.2 Å². The topological polar surface area (TPSA) is 71.3 Å². The predicted octanol–water partition coefficient (Wildman–Crippen LogP) is 3.50. The molecule has 0 saturated carbocycles. The van der Waals surface area contributed by atoms with Gasteiger partial charge in [-0.25, -0.2) is 4.79 Å². The first kappa shape index (κ1) is 15.8. The van der Waals surface area contributed by atoms with E-state index in [0.29, 0.717) is 24.3 Å². The van der Waals surface area contributed by atoms with E-state index in [2.05, 4.69) is 11.4 Å². The van der Waals surface area contributed by atoms with Gasteiger partial charge in [0.05, 0.1) is 18.9 Å². The molecule has 1 amide bonds. The first-order valence-corrected chi connectivity index (χ1v) is 6.39. The van der Waals surface area contributed by atoms with Gasteiger partial charge in [-0.3, -0.25) is 5.32 Å². The summed E-state index contributed by atoms with van der Waals surface area (Å²) >= 11 is 0. The number of benzene rings is 1. The molecule has 1 aromatic carbocycles. The molecular formula is C15H20N2O3. The van der Waals surface area contributed by atoms with Crippen LogP contribution in [0.4, 0.5) is 10.5 Å². The molecule has 20 heavy (non-hydrogen) atoms. The largest absolute Gasteiger partial charge is 0.495 e. The third kappa shape index (κ3) is 5.19. The number of aryl methyl sites for hydroxylation is 1. The standard InChI is InChI=1S/C15H20N2O3/c1-15(2,3)20-14(18)17-12-8-7-11(6-5-9-16)10-13(12)19-4/h7-8,10H,5-6H2,1-4H3,(H,17,18). The summed E-state index contributed by atoms with van der Waals surface area (Å²) in [7, 11) is 1.53. The molecule has 0 aliphatic carbocycles. The molecule has 0 bridgehead atoms. The number of amides is 1. The highest BCUT2D eigenvalue weighted by Gasteiger charge is 2.17. The van der Waals surface area contributed by atoms with Crippen LogP contribution in [0, 0.1) is 11.3 Å². The Balaban J connectivity index is 2.80. The number of anilines is 1. The van der Waals surface area contributed by atoms with Gasteiger partial charge in [0, 0.05) is 6.42 Å². The van der Waals surface area contributed by atoms with Crippen molar-refractivity contribution in [2.75, 3.05) is 12.4 Å². The lowest BCUT2D eigenvalue weighted by Gasteiger charge is -2.20. The van der Waals surface area contributed by atoms with E-state index in [1.54, 1.807) is 26.8 Å². The number of nitrogens with zero attached hydrogens (tertiary/aromatic N) is 1. The smallest absolute Gasteiger partial charge is 0.412 e. The molecule has 0 saturated heterocycles. The molecule has 0 unspecified atom stereocenters. The number of ether oxygens (including phenoxy) is 2. The van der Waals surface area contributed by atoms with Crippen LogP contribution < -0.4 is 10.1 Å². The number of methoxy groups -OCH3 is 1. The highest BCUT2D eigenvalue weighted by atomic mass is 16.6. The van der Waals surface area contributed by atoms with Gasteiger partial charge in [0.25, 0.3) is 0 Å². The van der Waals surface area contributed by atoms with Crippen LogP contribution >= 0.6 is 0 Å². The van der Waals surface area contributed by atoms with E-state index >= 15 is 0 Å². The second-order valence-corrected chi connectivity index (χ2v) is 5.32. The lowest BCUT2D eigenvalue weighted by atomic mass is 10.1. The summed E-state index contributed by atoms with van der Waals surface area (Å²) in [4.78, 5) is 11.7. The molecule has 0 fully saturated rings. The third-order valence-corrected chi connectivity index (χ3v) is 2.43. The van der Waals surface area contributed by atoms with Gasteiger partial charge in [-0.2, -0.15) is 5.26 Å². The lowest BCUT2D eigenvalue weighted by molar-refractivity contribution is 0.0635. The maximum atomic E-state index is 11.7. The maximum absolute atomic E-state index is 11.7. The van der Waals surface area contributed by atoms with E-state index < -0.39 is 11.7 Å². The fourth-order valence-corrected chi connectivity index (χ4v) is 1.61. The van der Waals surface area contributed by atoms with Crippen LogP contribution in [0.3, 0.4) is 0 Å². The molecule has 108 valence electrons. The number of carbonyl (C=O) groups excluding carboxylic acids is 1. The van der Waals surface area contributed by atoms with Crippen molar-refractivity contribution in [3.63, 3.8) is 0 Å². The molecule has 1 N–H and O–H groups in total. The van der Waals surface area contributed by atoms with Crippen LogP contribution in [0.1, 0.15) is 32.8 Å². The molecule has 5 heteroatoms. The van der Waals surface area contributed by atoms with E-state index in [0.717, 1.165) is 5.56 Å². The number of carbonyl (C=O) groups is 1. The van der Waals surface area contributed by atoms with Crippen molar-refractivity contribution in [3.8, 4) is 11.8 Å². The maximum Gasteiger partial charge on any atom is 0.412 e. The van der Waals surface area contributed by atoms with E-state index in [9.17, 15) is 4.79 Å². The highest BCUT2D eigenvalue weighted by molar-refractivity contribution is 5.87. The lowest BCUT2D eigenvalue weighted by Crippen LogP contribution is -2.27. The van der Waals surface area contributed by atoms with Crippen molar-refractivity contribution in [2.45, 2.75) is 39.2 Å². The van der Waals surface area contributed by atoms with Gasteiger partial charge in [-0.1, -0.05) is 6.07 Å². The number of rotatable bonds is 4. The second kappa shape index (κ2) is 6.80. The van der Waals surface area contributed by atoms with Gasteiger partial charge in [-0.15, -0.1) is 0 Å². The quantitative estimate of drug-likeness (QED) is 0.913. The summed E-state index contributed by atoms with van der Waals surface area (Å²) in [5, 5.41) is 11.2. The average Bonchev–Trinajstić information content (AvgIpc) is 2.35. The van der Waals surface area contributed by atoms with Crippen LogP contribution in [0.25, 0.3) is 0 Å². The molecule has 0 spiro atoms. The van der Waals surface area contributed by atoms with Crippen LogP contribution in [-0.2, 0) is 11.2 Å². The third-order valence-electron chi connectivity index (χ3n) is 2.43. The Morgan fingerprint density at radius 3 is 2.65 bits per heavy atom. The fourth-order valence-electron chi connectivity index (χ4n) is 1.61. The van der Waals surface area contributed by atoms with Crippen molar-refractivity contribution in [2.24, 2.45) is 0 Å². The van der Waals surface area contributed by atoms with Gasteiger partial charge in [-0.05, 0) is 44.9 Å². The number of hydrogen-bond acceptors (Lipinski definition) is 4. The second-order valence-electron chi connectivity index (χ2n) is 5.32. The molecule has 0 aliphatic rings. The Morgan fingerprint density at radius 1 is 1.40 bits per heavy atom. The Kier molecular flexibility index (Phi) is 5.39. The zero-order valence-corrected chi connectivity index (χ0v) is 12.3. The first-order valence-electron chi connectivity index (χ1n) is 6.39. The number of nitrogens with one attached hydrogen (secondary N) is 1. The number of hydrogen-bond donors (Lipinski definition) is 1. The fraction of sp³-hybridized carbons (Fsp3) is 0.467. The van der Waals surface area contributed by atoms with E-state index in [1.165, 1.54) is 7.11 Å². The zero-order chi connectivity index (χ0) is 15.2. The van der Waals surface area contributed by atoms with Crippen LogP contribution in [0.2, 0.25) is 0 Å². The molecule has 0 aromatic heterocycles. The van der Waals surface area contributed by atoms with Crippen molar-refractivity contribution in [1.82, 2.24) is 0 Å². The number of nitriles is 1. The summed E-state index contributed by atoms with van der Waals surface area (Å²) in [6, 6.07) is 7.50. The Morgan fingerprint density at radius 2 is 2.10 bits per heavy atom. The van der Waals surface area contributed by atoms with Gasteiger partial charge in [0.1, 0.15) is 11.4 Å². The minimum atomic E-state index is -0.552. The average molecular weight is 276 g/mol. The Hall–Kier alpha value is -2.22. The summed E-state index contributed by atoms with van der Waals surface area (Å²) in [6.45, 7) is 5.40. The molecule has 0 radical (unpaired) electrons. The first-order chi connectivity index (χ1) is 9.35. The van der Waals surface area contributed by atoms with Crippen molar-refractivity contribution < 1.29 is 14.3 Å². The molecule has 0 heterocycles. The minimum absolute atomic E-state index is 0.446. The molecule has 0 atom stereocenters. The van der Waals surface area contributed by atoms with Gasteiger partial charge in [0.15, 0.2) is 0 Å². The van der Waals surface area contributed by atoms with Gasteiger partial charge < -0.3 is 9.47 Å². The Labute approximate surface area is 119 Å². The summed E-state index contributed by atoms with van der Waals surface area (Å²) in [5.74, 6) is 0.547. The van der Waals surface area contributed by atoms with Crippen molar-refractivity contribution in [1.29, 1.82) is 5.26 Å². The van der Waals surface area contributed by atoms with Crippen LogP contribution in [-0.4, -0.2) is 18.8 Å². The van der Waals surface area contributed by atoms with E-state index in [1.807, 2.05) is 12.1 Å². The molecule has 5 nitrogen and oxygen atoms in total. The van der Waals surface area contributed by atoms with Gasteiger partial charge in [0.2, 0.25) is 0 Å². The monoisotopic (exact) mass is 276 g/mol. The van der Waals surface area contributed by atoms with Gasteiger partial charge >= 0.3 is 6.09 Å². The van der Waals surface area contributed by atoms with E-state index in [-0.39, 0.29) is 0 Å².